The zero-order valence-corrected chi connectivity index (χ0v) is 15.4. The number of benzene rings is 1. The molecule has 3 heteroatoms. The normalized spacial score (nSPS) is 13.7. The lowest BCUT2D eigenvalue weighted by Gasteiger charge is -2.24. The number of hydrogen-bond donors (Lipinski definition) is 0. The number of hydrogen-bond acceptors (Lipinski definition) is 2. The van der Waals surface area contributed by atoms with Gasteiger partial charge in [-0.2, -0.15) is 0 Å². The smallest absolute Gasteiger partial charge is 0.151 e. The highest BCUT2D eigenvalue weighted by molar-refractivity contribution is 7.91. The van der Waals surface area contributed by atoms with Crippen LogP contribution >= 0.6 is 0 Å². The molecule has 0 saturated heterocycles. The Hall–Kier alpha value is -1.09. The summed E-state index contributed by atoms with van der Waals surface area (Å²) in [4.78, 5) is 0. The first-order valence-electron chi connectivity index (χ1n) is 7.93. The summed E-state index contributed by atoms with van der Waals surface area (Å²) in [7, 11) is -3.05. The third-order valence-electron chi connectivity index (χ3n) is 3.63. The van der Waals surface area contributed by atoms with Crippen LogP contribution in [0.4, 0.5) is 0 Å². The molecular formula is C19H30O2S. The van der Waals surface area contributed by atoms with Gasteiger partial charge in [-0.3, -0.25) is 0 Å². The zero-order valence-electron chi connectivity index (χ0n) is 14.6. The van der Waals surface area contributed by atoms with Crippen molar-refractivity contribution in [2.45, 2.75) is 52.9 Å². The van der Waals surface area contributed by atoms with Gasteiger partial charge in [-0.15, -0.1) is 0 Å². The Balaban J connectivity index is 2.57. The molecule has 0 aliphatic rings. The highest BCUT2D eigenvalue weighted by Crippen LogP contribution is 2.25. The predicted octanol–water partition coefficient (Wildman–Crippen LogP) is 4.76. The summed E-state index contributed by atoms with van der Waals surface area (Å²) >= 11 is 0. The molecular weight excluding hydrogens is 292 g/mol. The van der Waals surface area contributed by atoms with Crippen LogP contribution in [-0.2, 0) is 15.3 Å². The molecule has 1 aromatic carbocycles. The van der Waals surface area contributed by atoms with Crippen LogP contribution in [0.2, 0.25) is 0 Å². The van der Waals surface area contributed by atoms with E-state index in [1.54, 1.807) is 0 Å². The lowest BCUT2D eigenvalue weighted by atomic mass is 9.87. The molecule has 0 radical (unpaired) electrons. The summed E-state index contributed by atoms with van der Waals surface area (Å²) in [5, 5.41) is 0. The molecule has 0 bridgehead atoms. The first kappa shape index (κ1) is 19.0. The van der Waals surface area contributed by atoms with Gasteiger partial charge in [0.2, 0.25) is 0 Å². The van der Waals surface area contributed by atoms with Crippen LogP contribution in [0, 0.1) is 5.41 Å². The maximum Gasteiger partial charge on any atom is 0.151 e. The average Bonchev–Trinajstić information content (AvgIpc) is 2.36. The quantitative estimate of drug-likeness (QED) is 0.678. The van der Waals surface area contributed by atoms with Crippen LogP contribution in [0.1, 0.15) is 53.0 Å². The maximum atomic E-state index is 12.3. The largest absolute Gasteiger partial charge is 0.229 e. The molecule has 0 aromatic heterocycles. The van der Waals surface area contributed by atoms with E-state index in [0.717, 1.165) is 12.0 Å². The van der Waals surface area contributed by atoms with Gasteiger partial charge in [-0.1, -0.05) is 77.1 Å². The molecule has 0 unspecified atom stereocenters. The number of sulfone groups is 1. The van der Waals surface area contributed by atoms with Gasteiger partial charge in [-0.25, -0.2) is 8.42 Å². The molecule has 22 heavy (non-hydrogen) atoms. The highest BCUT2D eigenvalue weighted by Gasteiger charge is 2.27. The van der Waals surface area contributed by atoms with Gasteiger partial charge in [-0.05, 0) is 23.8 Å². The molecule has 124 valence electrons. The molecule has 1 rings (SSSR count). The molecule has 0 spiro atoms. The van der Waals surface area contributed by atoms with E-state index in [0.29, 0.717) is 6.42 Å². The van der Waals surface area contributed by atoms with Crippen molar-refractivity contribution in [3.05, 3.63) is 48.0 Å². The highest BCUT2D eigenvalue weighted by atomic mass is 32.2. The van der Waals surface area contributed by atoms with Crippen molar-refractivity contribution < 1.29 is 8.42 Å². The SMILES string of the molecule is CC(C)(C)C/C=C\CCS(=O)(=O)CC(C)(C)c1ccccc1. The van der Waals surface area contributed by atoms with Gasteiger partial charge in [0.05, 0.1) is 11.5 Å². The Morgan fingerprint density at radius 2 is 1.55 bits per heavy atom. The fourth-order valence-electron chi connectivity index (χ4n) is 2.40. The van der Waals surface area contributed by atoms with E-state index in [1.165, 1.54) is 0 Å². The Morgan fingerprint density at radius 3 is 2.09 bits per heavy atom. The Morgan fingerprint density at radius 1 is 0.955 bits per heavy atom. The molecule has 0 amide bonds. The fourth-order valence-corrected chi connectivity index (χ4v) is 4.30. The third kappa shape index (κ3) is 7.26. The van der Waals surface area contributed by atoms with Crippen LogP contribution in [0.15, 0.2) is 42.5 Å². The molecule has 0 aliphatic carbocycles. The first-order chi connectivity index (χ1) is 10.0. The standard InChI is InChI=1S/C19H30O2S/c1-18(2,3)14-10-7-11-15-22(20,21)16-19(4,5)17-12-8-6-9-13-17/h6-10,12-13H,11,14-16H2,1-5H3/b10-7-. The van der Waals surface area contributed by atoms with E-state index in [1.807, 2.05) is 50.3 Å². The topological polar surface area (TPSA) is 34.1 Å². The van der Waals surface area contributed by atoms with Crippen LogP contribution < -0.4 is 0 Å². The second-order valence-electron chi connectivity index (χ2n) is 7.87. The van der Waals surface area contributed by atoms with E-state index >= 15 is 0 Å². The van der Waals surface area contributed by atoms with Gasteiger partial charge in [0.25, 0.3) is 0 Å². The maximum absolute atomic E-state index is 12.3. The monoisotopic (exact) mass is 322 g/mol. The minimum atomic E-state index is -3.05. The summed E-state index contributed by atoms with van der Waals surface area (Å²) < 4.78 is 24.7. The van der Waals surface area contributed by atoms with Crippen molar-refractivity contribution in [3.8, 4) is 0 Å². The molecule has 0 N–H and O–H groups in total. The lowest BCUT2D eigenvalue weighted by Crippen LogP contribution is -2.29. The molecule has 1 aromatic rings. The van der Waals surface area contributed by atoms with E-state index in [9.17, 15) is 8.42 Å². The van der Waals surface area contributed by atoms with E-state index in [-0.39, 0.29) is 22.3 Å². The van der Waals surface area contributed by atoms with Gasteiger partial charge in [0.15, 0.2) is 9.84 Å². The molecule has 0 heterocycles. The van der Waals surface area contributed by atoms with E-state index < -0.39 is 9.84 Å². The van der Waals surface area contributed by atoms with Gasteiger partial charge >= 0.3 is 0 Å². The second-order valence-corrected chi connectivity index (χ2v) is 10.1. The third-order valence-corrected chi connectivity index (χ3v) is 5.65. The molecule has 0 fully saturated rings. The summed E-state index contributed by atoms with van der Waals surface area (Å²) in [5.41, 5.74) is 0.974. The van der Waals surface area contributed by atoms with Gasteiger partial charge in [0.1, 0.15) is 0 Å². The summed E-state index contributed by atoms with van der Waals surface area (Å²) in [6.07, 6.45) is 5.67. The van der Waals surface area contributed by atoms with Crippen LogP contribution in [0.25, 0.3) is 0 Å². The minimum Gasteiger partial charge on any atom is -0.229 e. The van der Waals surface area contributed by atoms with Gasteiger partial charge < -0.3 is 0 Å². The predicted molar refractivity (Wildman–Crippen MR) is 96.0 cm³/mol. The summed E-state index contributed by atoms with van der Waals surface area (Å²) in [5.74, 6) is 0.418. The summed E-state index contributed by atoms with van der Waals surface area (Å²) in [6.45, 7) is 10.5. The van der Waals surface area contributed by atoms with Crippen molar-refractivity contribution in [1.82, 2.24) is 0 Å². The minimum absolute atomic E-state index is 0.192. The van der Waals surface area contributed by atoms with Crippen LogP contribution in [0.5, 0.6) is 0 Å². The number of allylic oxidation sites excluding steroid dienone is 2. The second kappa shape index (κ2) is 7.45. The first-order valence-corrected chi connectivity index (χ1v) is 9.75. The van der Waals surface area contributed by atoms with Crippen LogP contribution in [-0.4, -0.2) is 19.9 Å². The summed E-state index contributed by atoms with van der Waals surface area (Å²) in [6, 6.07) is 9.86. The Kier molecular flexibility index (Phi) is 6.42. The zero-order chi connectivity index (χ0) is 16.9. The molecule has 2 nitrogen and oxygen atoms in total. The van der Waals surface area contributed by atoms with Crippen molar-refractivity contribution in [3.63, 3.8) is 0 Å². The van der Waals surface area contributed by atoms with E-state index in [2.05, 4.69) is 26.8 Å². The lowest BCUT2D eigenvalue weighted by molar-refractivity contribution is 0.420. The van der Waals surface area contributed by atoms with Crippen molar-refractivity contribution in [1.29, 1.82) is 0 Å². The Labute approximate surface area is 136 Å². The van der Waals surface area contributed by atoms with Crippen molar-refractivity contribution in [2.75, 3.05) is 11.5 Å². The van der Waals surface area contributed by atoms with Crippen LogP contribution in [0.3, 0.4) is 0 Å². The average molecular weight is 323 g/mol. The van der Waals surface area contributed by atoms with Crippen molar-refractivity contribution in [2.24, 2.45) is 5.41 Å². The van der Waals surface area contributed by atoms with E-state index in [4.69, 9.17) is 0 Å². The van der Waals surface area contributed by atoms with Gasteiger partial charge in [0, 0.05) is 5.41 Å². The van der Waals surface area contributed by atoms with Crippen molar-refractivity contribution >= 4 is 9.84 Å². The molecule has 0 aliphatic heterocycles. The molecule has 0 saturated carbocycles. The fraction of sp³-hybridized carbons (Fsp3) is 0.579. The Bertz CT molecular complexity index is 576. The molecule has 0 atom stereocenters. The number of rotatable bonds is 7.